The summed E-state index contributed by atoms with van der Waals surface area (Å²) < 4.78 is 72.7. The second-order valence-electron chi connectivity index (χ2n) is 8.45. The standard InChI is InChI=1S/C23H26BrF2N2O6PS/c1-4-16(2)34-35(30,31)23(25,26)20-10-7-18(13-21(20)24)15-28-12-11-27(22(28)29)14-17-5-8-19(9-6-17)36(3,32)33/h5-13,16H,4,14-15H2,1-3H3,(H,30,31). The third kappa shape index (κ3) is 6.23. The molecule has 13 heteroatoms. The minimum atomic E-state index is -5.30. The van der Waals surface area contributed by atoms with Crippen molar-refractivity contribution in [2.24, 2.45) is 0 Å². The van der Waals surface area contributed by atoms with Crippen molar-refractivity contribution in [3.8, 4) is 0 Å². The van der Waals surface area contributed by atoms with E-state index in [4.69, 9.17) is 4.52 Å². The van der Waals surface area contributed by atoms with E-state index in [1.807, 2.05) is 0 Å². The SMILES string of the molecule is CCC(C)OP(=O)(O)C(F)(F)c1ccc(Cn2ccn(Cc3ccc(S(C)(=O)=O)cc3)c2=O)cc1Br. The van der Waals surface area contributed by atoms with Crippen molar-refractivity contribution >= 4 is 33.4 Å². The Hall–Kier alpha value is -2.11. The van der Waals surface area contributed by atoms with Crippen molar-refractivity contribution in [3.05, 3.63) is 86.5 Å². The van der Waals surface area contributed by atoms with Gasteiger partial charge in [-0.2, -0.15) is 8.78 Å². The number of benzene rings is 2. The summed E-state index contributed by atoms with van der Waals surface area (Å²) in [6, 6.07) is 9.95. The Morgan fingerprint density at radius 3 is 2.11 bits per heavy atom. The number of aromatic nitrogens is 2. The van der Waals surface area contributed by atoms with Crippen molar-refractivity contribution in [2.45, 2.75) is 50.0 Å². The molecule has 0 fully saturated rings. The van der Waals surface area contributed by atoms with Gasteiger partial charge < -0.3 is 9.42 Å². The van der Waals surface area contributed by atoms with Crippen LogP contribution in [0.15, 0.2) is 69.0 Å². The van der Waals surface area contributed by atoms with Gasteiger partial charge in [-0.25, -0.2) is 13.2 Å². The molecule has 36 heavy (non-hydrogen) atoms. The van der Waals surface area contributed by atoms with Crippen molar-refractivity contribution in [2.75, 3.05) is 6.26 Å². The van der Waals surface area contributed by atoms with E-state index in [0.717, 1.165) is 17.9 Å². The van der Waals surface area contributed by atoms with Crippen LogP contribution in [0.5, 0.6) is 0 Å². The quantitative estimate of drug-likeness (QED) is 0.327. The maximum absolute atomic E-state index is 14.9. The third-order valence-corrected chi connectivity index (χ3v) is 8.97. The molecule has 0 amide bonds. The highest BCUT2D eigenvalue weighted by Gasteiger charge is 2.54. The van der Waals surface area contributed by atoms with E-state index in [9.17, 15) is 31.5 Å². The Balaban J connectivity index is 1.78. The number of alkyl halides is 2. The van der Waals surface area contributed by atoms with Gasteiger partial charge in [0.2, 0.25) is 0 Å². The molecule has 0 aliphatic carbocycles. The maximum atomic E-state index is 14.9. The highest BCUT2D eigenvalue weighted by atomic mass is 79.9. The molecule has 0 saturated heterocycles. The van der Waals surface area contributed by atoms with Crippen LogP contribution in [0.4, 0.5) is 8.78 Å². The first kappa shape index (κ1) is 28.5. The lowest BCUT2D eigenvalue weighted by Gasteiger charge is -2.25. The summed E-state index contributed by atoms with van der Waals surface area (Å²) in [6.45, 7) is 3.37. The fourth-order valence-electron chi connectivity index (χ4n) is 3.37. The number of rotatable bonds is 10. The van der Waals surface area contributed by atoms with Crippen molar-refractivity contribution in [3.63, 3.8) is 0 Å². The molecule has 0 bridgehead atoms. The molecule has 8 nitrogen and oxygen atoms in total. The molecular weight excluding hydrogens is 581 g/mol. The van der Waals surface area contributed by atoms with Crippen LogP contribution in [-0.4, -0.2) is 34.8 Å². The van der Waals surface area contributed by atoms with Crippen molar-refractivity contribution < 1.29 is 31.2 Å². The van der Waals surface area contributed by atoms with Gasteiger partial charge in [0, 0.05) is 28.7 Å². The van der Waals surface area contributed by atoms with Gasteiger partial charge in [-0.05, 0) is 42.7 Å². The van der Waals surface area contributed by atoms with Crippen molar-refractivity contribution in [1.82, 2.24) is 9.13 Å². The van der Waals surface area contributed by atoms with E-state index in [0.29, 0.717) is 12.0 Å². The molecule has 0 radical (unpaired) electrons. The van der Waals surface area contributed by atoms with Gasteiger partial charge >= 0.3 is 18.9 Å². The van der Waals surface area contributed by atoms with Crippen LogP contribution in [0, 0.1) is 0 Å². The Bertz CT molecular complexity index is 1450. The van der Waals surface area contributed by atoms with Crippen LogP contribution < -0.4 is 5.69 Å². The highest BCUT2D eigenvalue weighted by Crippen LogP contribution is 2.64. The van der Waals surface area contributed by atoms with Crippen LogP contribution in [0.3, 0.4) is 0 Å². The first-order valence-electron chi connectivity index (χ1n) is 10.9. The lowest BCUT2D eigenvalue weighted by atomic mass is 10.1. The first-order valence-corrected chi connectivity index (χ1v) is 15.1. The van der Waals surface area contributed by atoms with Crippen LogP contribution in [0.1, 0.15) is 37.0 Å². The Kier molecular flexibility index (Phi) is 8.47. The molecule has 3 aromatic rings. The molecule has 2 unspecified atom stereocenters. The fraction of sp³-hybridized carbons (Fsp3) is 0.348. The molecule has 2 atom stereocenters. The second-order valence-corrected chi connectivity index (χ2v) is 13.1. The van der Waals surface area contributed by atoms with E-state index in [2.05, 4.69) is 15.9 Å². The monoisotopic (exact) mass is 606 g/mol. The van der Waals surface area contributed by atoms with Crippen LogP contribution in [0.2, 0.25) is 0 Å². The molecule has 1 heterocycles. The number of hydrogen-bond acceptors (Lipinski definition) is 5. The van der Waals surface area contributed by atoms with Gasteiger partial charge in [0.1, 0.15) is 0 Å². The summed E-state index contributed by atoms with van der Waals surface area (Å²) in [5, 5.41) is 0. The summed E-state index contributed by atoms with van der Waals surface area (Å²) in [6.07, 6.45) is 3.70. The molecule has 0 aliphatic heterocycles. The fourth-order valence-corrected chi connectivity index (χ4v) is 6.09. The molecule has 0 aliphatic rings. The minimum absolute atomic E-state index is 0.0729. The molecule has 196 valence electrons. The smallest absolute Gasteiger partial charge is 0.320 e. The number of sulfone groups is 1. The van der Waals surface area contributed by atoms with Gasteiger partial charge in [0.05, 0.1) is 24.1 Å². The Morgan fingerprint density at radius 1 is 1.08 bits per heavy atom. The van der Waals surface area contributed by atoms with Crippen LogP contribution in [0.25, 0.3) is 0 Å². The number of nitrogens with zero attached hydrogens (tertiary/aromatic N) is 2. The summed E-state index contributed by atoms with van der Waals surface area (Å²) in [7, 11) is -8.63. The largest absolute Gasteiger partial charge is 0.402 e. The molecular formula is C23H26BrF2N2O6PS. The van der Waals surface area contributed by atoms with E-state index in [1.54, 1.807) is 31.5 Å². The number of halogens is 3. The predicted octanol–water partition coefficient (Wildman–Crippen LogP) is 4.96. The van der Waals surface area contributed by atoms with Gasteiger partial charge in [-0.3, -0.25) is 13.7 Å². The maximum Gasteiger partial charge on any atom is 0.402 e. The van der Waals surface area contributed by atoms with E-state index < -0.39 is 34.8 Å². The zero-order valence-corrected chi connectivity index (χ0v) is 23.1. The van der Waals surface area contributed by atoms with E-state index in [-0.39, 0.29) is 28.1 Å². The third-order valence-electron chi connectivity index (χ3n) is 5.59. The zero-order valence-electron chi connectivity index (χ0n) is 19.8. The summed E-state index contributed by atoms with van der Waals surface area (Å²) >= 11 is 3.06. The average molecular weight is 607 g/mol. The van der Waals surface area contributed by atoms with Gasteiger partial charge in [0.25, 0.3) is 0 Å². The van der Waals surface area contributed by atoms with Crippen LogP contribution in [-0.2, 0) is 37.7 Å². The second kappa shape index (κ2) is 10.7. The molecule has 0 saturated carbocycles. The Morgan fingerprint density at radius 2 is 1.61 bits per heavy atom. The average Bonchev–Trinajstić information content (AvgIpc) is 3.12. The van der Waals surface area contributed by atoms with E-state index in [1.165, 1.54) is 40.3 Å². The molecule has 1 N–H and O–H groups in total. The zero-order chi connectivity index (χ0) is 26.9. The van der Waals surface area contributed by atoms with Crippen molar-refractivity contribution in [1.29, 1.82) is 0 Å². The van der Waals surface area contributed by atoms with Gasteiger partial charge in [-0.1, -0.05) is 47.1 Å². The lowest BCUT2D eigenvalue weighted by Crippen LogP contribution is -2.25. The lowest BCUT2D eigenvalue weighted by molar-refractivity contribution is 0.0341. The summed E-state index contributed by atoms with van der Waals surface area (Å²) in [4.78, 5) is 22.9. The first-order chi connectivity index (χ1) is 16.7. The summed E-state index contributed by atoms with van der Waals surface area (Å²) in [5.41, 5.74) is -3.95. The predicted molar refractivity (Wildman–Crippen MR) is 135 cm³/mol. The van der Waals surface area contributed by atoms with Gasteiger partial charge in [-0.15, -0.1) is 0 Å². The van der Waals surface area contributed by atoms with Gasteiger partial charge in [0.15, 0.2) is 9.84 Å². The molecule has 0 spiro atoms. The highest BCUT2D eigenvalue weighted by molar-refractivity contribution is 9.10. The topological polar surface area (TPSA) is 108 Å². The van der Waals surface area contributed by atoms with E-state index >= 15 is 0 Å². The van der Waals surface area contributed by atoms with Crippen LogP contribution >= 0.6 is 23.5 Å². The summed E-state index contributed by atoms with van der Waals surface area (Å²) in [5.74, 6) is 0. The minimum Gasteiger partial charge on any atom is -0.320 e. The number of hydrogen-bond donors (Lipinski definition) is 1. The Labute approximate surface area is 216 Å². The molecule has 3 rings (SSSR count). The molecule has 2 aromatic carbocycles. The molecule has 1 aromatic heterocycles. The normalized spacial score (nSPS) is 15.0. The number of imidazole rings is 1.